The zero-order valence-corrected chi connectivity index (χ0v) is 13.4. The van der Waals surface area contributed by atoms with Crippen LogP contribution in [-0.2, 0) is 9.59 Å². The van der Waals surface area contributed by atoms with Crippen LogP contribution in [0.3, 0.4) is 0 Å². The molecule has 0 saturated heterocycles. The Morgan fingerprint density at radius 1 is 1.27 bits per heavy atom. The van der Waals surface area contributed by atoms with Crippen molar-refractivity contribution < 1.29 is 9.59 Å². The van der Waals surface area contributed by atoms with Crippen LogP contribution in [0.1, 0.15) is 44.7 Å². The van der Waals surface area contributed by atoms with Crippen molar-refractivity contribution >= 4 is 17.5 Å². The Morgan fingerprint density at radius 2 is 1.95 bits per heavy atom. The van der Waals surface area contributed by atoms with E-state index in [-0.39, 0.29) is 17.9 Å². The fraction of sp³-hybridized carbons (Fsp3) is 0.471. The number of hydrogen-bond acceptors (Lipinski definition) is 3. The summed E-state index contributed by atoms with van der Waals surface area (Å²) in [5.41, 5.74) is 1.51. The molecule has 1 aliphatic rings. The van der Waals surface area contributed by atoms with Crippen molar-refractivity contribution in [1.29, 1.82) is 0 Å². The van der Waals surface area contributed by atoms with Crippen LogP contribution in [0.4, 0.5) is 0 Å². The zero-order chi connectivity index (χ0) is 16.1. The second kappa shape index (κ2) is 7.20. The van der Waals surface area contributed by atoms with E-state index in [1.54, 1.807) is 7.05 Å². The molecule has 0 aromatic heterocycles. The van der Waals surface area contributed by atoms with Gasteiger partial charge < -0.3 is 5.32 Å². The monoisotopic (exact) mass is 301 g/mol. The lowest BCUT2D eigenvalue weighted by atomic mass is 9.96. The fourth-order valence-electron chi connectivity index (χ4n) is 2.51. The van der Waals surface area contributed by atoms with Crippen LogP contribution in [0.25, 0.3) is 0 Å². The highest BCUT2D eigenvalue weighted by molar-refractivity contribution is 6.39. The van der Waals surface area contributed by atoms with Crippen molar-refractivity contribution in [1.82, 2.24) is 10.3 Å². The van der Waals surface area contributed by atoms with E-state index in [1.165, 1.54) is 5.01 Å². The third-order valence-corrected chi connectivity index (χ3v) is 3.68. The molecular formula is C17H23N3O2. The maximum absolute atomic E-state index is 12.4. The molecule has 22 heavy (non-hydrogen) atoms. The number of carbonyl (C=O) groups is 2. The van der Waals surface area contributed by atoms with Crippen molar-refractivity contribution in [3.8, 4) is 0 Å². The fourth-order valence-corrected chi connectivity index (χ4v) is 2.51. The lowest BCUT2D eigenvalue weighted by Crippen LogP contribution is -2.39. The van der Waals surface area contributed by atoms with Gasteiger partial charge >= 0.3 is 0 Å². The summed E-state index contributed by atoms with van der Waals surface area (Å²) in [7, 11) is 1.58. The molecule has 0 saturated carbocycles. The van der Waals surface area contributed by atoms with E-state index in [0.29, 0.717) is 24.5 Å². The number of nitrogens with one attached hydrogen (secondary N) is 1. The number of carbonyl (C=O) groups excluding carboxylic acids is 2. The standard InChI is InChI=1S/C17H23N3O2/c1-12(2)11-15(13-7-5-4-6-8-13)18-17(22)14-9-10-16(21)20(3)19-14/h4-8,12,15H,9-11H2,1-3H3,(H,18,22)/t15-/m1/s1. The lowest BCUT2D eigenvalue weighted by molar-refractivity contribution is -0.130. The first-order chi connectivity index (χ1) is 10.5. The minimum absolute atomic E-state index is 0.0423. The van der Waals surface area contributed by atoms with Gasteiger partial charge in [0.15, 0.2) is 0 Å². The van der Waals surface area contributed by atoms with E-state index in [9.17, 15) is 9.59 Å². The Hall–Kier alpha value is -2.17. The van der Waals surface area contributed by atoms with Crippen LogP contribution in [-0.4, -0.2) is 29.6 Å². The van der Waals surface area contributed by atoms with Gasteiger partial charge in [-0.15, -0.1) is 0 Å². The lowest BCUT2D eigenvalue weighted by Gasteiger charge is -2.24. The molecule has 118 valence electrons. The molecular weight excluding hydrogens is 278 g/mol. The van der Waals surface area contributed by atoms with Gasteiger partial charge in [0, 0.05) is 19.9 Å². The predicted octanol–water partition coefficient (Wildman–Crippen LogP) is 2.50. The molecule has 2 rings (SSSR count). The van der Waals surface area contributed by atoms with Crippen LogP contribution in [0.5, 0.6) is 0 Å². The highest BCUT2D eigenvalue weighted by Gasteiger charge is 2.24. The van der Waals surface area contributed by atoms with Gasteiger partial charge in [-0.25, -0.2) is 5.01 Å². The third-order valence-electron chi connectivity index (χ3n) is 3.68. The summed E-state index contributed by atoms with van der Waals surface area (Å²) in [6.45, 7) is 4.26. The Labute approximate surface area is 131 Å². The first-order valence-electron chi connectivity index (χ1n) is 7.67. The van der Waals surface area contributed by atoms with Crippen LogP contribution in [0.2, 0.25) is 0 Å². The number of hydrazone groups is 1. The van der Waals surface area contributed by atoms with E-state index in [2.05, 4.69) is 24.3 Å². The van der Waals surface area contributed by atoms with E-state index in [0.717, 1.165) is 12.0 Å². The van der Waals surface area contributed by atoms with Crippen molar-refractivity contribution in [3.63, 3.8) is 0 Å². The smallest absolute Gasteiger partial charge is 0.267 e. The number of rotatable bonds is 5. The van der Waals surface area contributed by atoms with Gasteiger partial charge in [0.05, 0.1) is 6.04 Å². The summed E-state index contributed by atoms with van der Waals surface area (Å²) in [4.78, 5) is 23.9. The first-order valence-corrected chi connectivity index (χ1v) is 7.67. The molecule has 2 amide bonds. The Morgan fingerprint density at radius 3 is 2.55 bits per heavy atom. The van der Waals surface area contributed by atoms with Crippen LogP contribution in [0.15, 0.2) is 35.4 Å². The molecule has 1 heterocycles. The molecule has 1 aromatic rings. The second-order valence-corrected chi connectivity index (χ2v) is 6.03. The zero-order valence-electron chi connectivity index (χ0n) is 13.4. The Kier molecular flexibility index (Phi) is 5.31. The van der Waals surface area contributed by atoms with Gasteiger partial charge in [0.1, 0.15) is 5.71 Å². The molecule has 0 aliphatic carbocycles. The van der Waals surface area contributed by atoms with Crippen molar-refractivity contribution in [2.45, 2.75) is 39.2 Å². The molecule has 0 bridgehead atoms. The van der Waals surface area contributed by atoms with E-state index in [1.807, 2.05) is 30.3 Å². The average Bonchev–Trinajstić information content (AvgIpc) is 2.49. The van der Waals surface area contributed by atoms with Crippen molar-refractivity contribution in [2.75, 3.05) is 7.05 Å². The van der Waals surface area contributed by atoms with Crippen LogP contribution in [0, 0.1) is 5.92 Å². The first kappa shape index (κ1) is 16.2. The molecule has 1 aliphatic heterocycles. The molecule has 0 fully saturated rings. The predicted molar refractivity (Wildman–Crippen MR) is 86.2 cm³/mol. The molecule has 0 radical (unpaired) electrons. The highest BCUT2D eigenvalue weighted by Crippen LogP contribution is 2.21. The number of amides is 2. The summed E-state index contributed by atoms with van der Waals surface area (Å²) in [6.07, 6.45) is 1.60. The van der Waals surface area contributed by atoms with E-state index < -0.39 is 0 Å². The van der Waals surface area contributed by atoms with Gasteiger partial charge in [-0.1, -0.05) is 44.2 Å². The molecule has 1 atom stereocenters. The number of hydrogen-bond donors (Lipinski definition) is 1. The summed E-state index contributed by atoms with van der Waals surface area (Å²) >= 11 is 0. The Balaban J connectivity index is 2.12. The minimum atomic E-state index is -0.186. The maximum Gasteiger partial charge on any atom is 0.267 e. The molecule has 1 N–H and O–H groups in total. The van der Waals surface area contributed by atoms with E-state index >= 15 is 0 Å². The summed E-state index contributed by atoms with van der Waals surface area (Å²) in [5.74, 6) is 0.218. The SMILES string of the molecule is CC(C)C[C@@H](NC(=O)C1=NN(C)C(=O)CC1)c1ccccc1. The maximum atomic E-state index is 12.4. The molecule has 5 nitrogen and oxygen atoms in total. The van der Waals surface area contributed by atoms with E-state index in [4.69, 9.17) is 0 Å². The quantitative estimate of drug-likeness (QED) is 0.908. The van der Waals surface area contributed by atoms with Gasteiger partial charge in [-0.3, -0.25) is 9.59 Å². The highest BCUT2D eigenvalue weighted by atomic mass is 16.2. The van der Waals surface area contributed by atoms with Crippen molar-refractivity contribution in [3.05, 3.63) is 35.9 Å². The molecule has 0 spiro atoms. The Bertz CT molecular complexity index is 567. The normalized spacial score (nSPS) is 16.5. The topological polar surface area (TPSA) is 61.8 Å². The third kappa shape index (κ3) is 4.16. The average molecular weight is 301 g/mol. The van der Waals surface area contributed by atoms with Crippen LogP contribution >= 0.6 is 0 Å². The van der Waals surface area contributed by atoms with Gasteiger partial charge in [-0.05, 0) is 17.9 Å². The number of nitrogens with zero attached hydrogens (tertiary/aromatic N) is 2. The molecule has 5 heteroatoms. The summed E-state index contributed by atoms with van der Waals surface area (Å²) in [6, 6.07) is 9.90. The second-order valence-electron chi connectivity index (χ2n) is 6.03. The largest absolute Gasteiger partial charge is 0.344 e. The summed E-state index contributed by atoms with van der Waals surface area (Å²) in [5, 5.41) is 8.39. The molecule has 1 aromatic carbocycles. The van der Waals surface area contributed by atoms with Crippen LogP contribution < -0.4 is 5.32 Å². The van der Waals surface area contributed by atoms with Gasteiger partial charge in [-0.2, -0.15) is 5.10 Å². The number of benzene rings is 1. The van der Waals surface area contributed by atoms with Gasteiger partial charge in [0.2, 0.25) is 5.91 Å². The van der Waals surface area contributed by atoms with Crippen molar-refractivity contribution in [2.24, 2.45) is 11.0 Å². The summed E-state index contributed by atoms with van der Waals surface area (Å²) < 4.78 is 0. The van der Waals surface area contributed by atoms with Gasteiger partial charge in [0.25, 0.3) is 5.91 Å². The molecule has 0 unspecified atom stereocenters. The minimum Gasteiger partial charge on any atom is -0.344 e.